The number of fused-ring (bicyclic) bond motifs is 7. The van der Waals surface area contributed by atoms with Crippen LogP contribution in [0.3, 0.4) is 0 Å². The molecule has 0 radical (unpaired) electrons. The van der Waals surface area contributed by atoms with E-state index < -0.39 is 11.4 Å². The van der Waals surface area contributed by atoms with Crippen LogP contribution in [-0.2, 0) is 9.59 Å². The summed E-state index contributed by atoms with van der Waals surface area (Å²) in [5, 5.41) is 10.4. The van der Waals surface area contributed by atoms with Crippen molar-refractivity contribution >= 4 is 11.8 Å². The fourth-order valence-electron chi connectivity index (χ4n) is 11.1. The van der Waals surface area contributed by atoms with Crippen molar-refractivity contribution in [3.05, 3.63) is 0 Å². The number of carbonyl (C=O) groups excluding carboxylic acids is 1. The highest BCUT2D eigenvalue weighted by atomic mass is 16.4. The van der Waals surface area contributed by atoms with Crippen molar-refractivity contribution in [1.29, 1.82) is 0 Å². The first-order chi connectivity index (χ1) is 14.8. The minimum absolute atomic E-state index is 0.199. The summed E-state index contributed by atoms with van der Waals surface area (Å²) in [5.74, 6) is 2.64. The largest absolute Gasteiger partial charge is 0.481 e. The molecule has 0 aromatic rings. The predicted molar refractivity (Wildman–Crippen MR) is 127 cm³/mol. The van der Waals surface area contributed by atoms with Gasteiger partial charge in [0.15, 0.2) is 0 Å². The zero-order valence-electron chi connectivity index (χ0n) is 21.4. The van der Waals surface area contributed by atoms with Gasteiger partial charge in [-0.25, -0.2) is 0 Å². The van der Waals surface area contributed by atoms with E-state index in [4.69, 9.17) is 0 Å². The van der Waals surface area contributed by atoms with Gasteiger partial charge < -0.3 is 5.11 Å². The topological polar surface area (TPSA) is 54.4 Å². The Balaban J connectivity index is 1.54. The Bertz CT molecular complexity index is 830. The maximum Gasteiger partial charge on any atom is 0.309 e. The highest BCUT2D eigenvalue weighted by Crippen LogP contribution is 2.76. The fourth-order valence-corrected chi connectivity index (χ4v) is 11.1. The predicted octanol–water partition coefficient (Wildman–Crippen LogP) is 7.13. The summed E-state index contributed by atoms with van der Waals surface area (Å²) in [4.78, 5) is 25.5. The van der Waals surface area contributed by atoms with Crippen molar-refractivity contribution in [1.82, 2.24) is 0 Å². The summed E-state index contributed by atoms with van der Waals surface area (Å²) < 4.78 is 0. The minimum atomic E-state index is -0.507. The van der Waals surface area contributed by atoms with Crippen LogP contribution in [-0.4, -0.2) is 16.9 Å². The van der Waals surface area contributed by atoms with E-state index in [-0.39, 0.29) is 21.7 Å². The first kappa shape index (κ1) is 22.9. The summed E-state index contributed by atoms with van der Waals surface area (Å²) in [7, 11) is 0. The van der Waals surface area contributed by atoms with Gasteiger partial charge in [0.2, 0.25) is 0 Å². The molecule has 0 aliphatic heterocycles. The van der Waals surface area contributed by atoms with Crippen LogP contribution >= 0.6 is 0 Å². The van der Waals surface area contributed by atoms with Crippen molar-refractivity contribution < 1.29 is 14.7 Å². The number of aliphatic carboxylic acids is 1. The molecule has 0 aromatic carbocycles. The molecule has 3 nitrogen and oxygen atoms in total. The number of ketones is 1. The first-order valence-electron chi connectivity index (χ1n) is 13.6. The van der Waals surface area contributed by atoms with E-state index in [2.05, 4.69) is 41.5 Å². The molecule has 5 fully saturated rings. The van der Waals surface area contributed by atoms with Gasteiger partial charge in [0.05, 0.1) is 5.41 Å². The lowest BCUT2D eigenvalue weighted by atomic mass is 9.31. The van der Waals surface area contributed by atoms with Gasteiger partial charge in [-0.15, -0.1) is 0 Å². The molecule has 0 spiro atoms. The Labute approximate surface area is 195 Å². The van der Waals surface area contributed by atoms with E-state index in [0.717, 1.165) is 51.4 Å². The standard InChI is InChI=1S/C29H46O3/c1-18-9-14-29(24(31)32)16-15-27(5)19(20(29)17-18)7-8-22-26(4)12-11-23(30)25(2,3)21(26)10-13-28(22,27)6/h18-22H,7-17H2,1-6H3,(H,31,32)/t18-,19?,20-,21?,22?,26-,27-,28+,29?/m0/s1. The van der Waals surface area contributed by atoms with Crippen LogP contribution in [0, 0.1) is 56.7 Å². The molecule has 5 rings (SSSR count). The summed E-state index contributed by atoms with van der Waals surface area (Å²) in [6.45, 7) is 14.5. The van der Waals surface area contributed by atoms with Crippen molar-refractivity contribution in [2.75, 3.05) is 0 Å². The molecule has 180 valence electrons. The molecular formula is C29H46O3. The van der Waals surface area contributed by atoms with Crippen molar-refractivity contribution in [2.45, 2.75) is 112 Å². The molecule has 3 heteroatoms. The molecule has 0 heterocycles. The van der Waals surface area contributed by atoms with Gasteiger partial charge >= 0.3 is 5.97 Å². The highest BCUT2D eigenvalue weighted by molar-refractivity contribution is 5.85. The van der Waals surface area contributed by atoms with Crippen molar-refractivity contribution in [3.8, 4) is 0 Å². The molecular weight excluding hydrogens is 396 g/mol. The second-order valence-electron chi connectivity index (χ2n) is 14.3. The number of hydrogen-bond acceptors (Lipinski definition) is 2. The Morgan fingerprint density at radius 2 is 1.53 bits per heavy atom. The van der Waals surface area contributed by atoms with Gasteiger partial charge in [-0.2, -0.15) is 0 Å². The number of carbonyl (C=O) groups is 2. The fraction of sp³-hybridized carbons (Fsp3) is 0.931. The van der Waals surface area contributed by atoms with Crippen LogP contribution < -0.4 is 0 Å². The third-order valence-corrected chi connectivity index (χ3v) is 13.1. The molecule has 32 heavy (non-hydrogen) atoms. The van der Waals surface area contributed by atoms with E-state index in [1.165, 1.54) is 19.3 Å². The summed E-state index contributed by atoms with van der Waals surface area (Å²) in [5.41, 5.74) is 0.0366. The maximum atomic E-state index is 12.9. The Morgan fingerprint density at radius 1 is 0.812 bits per heavy atom. The van der Waals surface area contributed by atoms with E-state index in [9.17, 15) is 14.7 Å². The van der Waals surface area contributed by atoms with Crippen LogP contribution in [0.5, 0.6) is 0 Å². The van der Waals surface area contributed by atoms with Gasteiger partial charge in [-0.05, 0) is 110 Å². The summed E-state index contributed by atoms with van der Waals surface area (Å²) in [6, 6.07) is 0. The lowest BCUT2D eigenvalue weighted by Gasteiger charge is -2.72. The third kappa shape index (κ3) is 2.60. The zero-order valence-corrected chi connectivity index (χ0v) is 21.4. The van der Waals surface area contributed by atoms with Gasteiger partial charge in [0.1, 0.15) is 5.78 Å². The van der Waals surface area contributed by atoms with E-state index >= 15 is 0 Å². The smallest absolute Gasteiger partial charge is 0.309 e. The van der Waals surface area contributed by atoms with Crippen LogP contribution in [0.4, 0.5) is 0 Å². The first-order valence-corrected chi connectivity index (χ1v) is 13.6. The molecule has 9 atom stereocenters. The summed E-state index contributed by atoms with van der Waals surface area (Å²) >= 11 is 0. The zero-order chi connectivity index (χ0) is 23.3. The van der Waals surface area contributed by atoms with Gasteiger partial charge in [-0.1, -0.05) is 41.5 Å². The van der Waals surface area contributed by atoms with Crippen LogP contribution in [0.1, 0.15) is 112 Å². The number of carboxylic acid groups (broad SMARTS) is 1. The van der Waals surface area contributed by atoms with Gasteiger partial charge in [0.25, 0.3) is 0 Å². The quantitative estimate of drug-likeness (QED) is 0.470. The van der Waals surface area contributed by atoms with E-state index in [1.807, 2.05) is 0 Å². The van der Waals surface area contributed by atoms with E-state index in [0.29, 0.717) is 35.4 Å². The normalized spacial score (nSPS) is 54.6. The third-order valence-electron chi connectivity index (χ3n) is 13.1. The second kappa shape index (κ2) is 6.85. The summed E-state index contributed by atoms with van der Waals surface area (Å²) in [6.07, 6.45) is 11.6. The lowest BCUT2D eigenvalue weighted by Crippen LogP contribution is -2.67. The minimum Gasteiger partial charge on any atom is -0.481 e. The monoisotopic (exact) mass is 442 g/mol. The number of rotatable bonds is 1. The number of carboxylic acids is 1. The Morgan fingerprint density at radius 3 is 2.22 bits per heavy atom. The van der Waals surface area contributed by atoms with Crippen molar-refractivity contribution in [2.24, 2.45) is 56.7 Å². The molecule has 5 aliphatic carbocycles. The molecule has 5 aliphatic rings. The Kier molecular flexibility index (Phi) is 4.90. The molecule has 0 saturated heterocycles. The van der Waals surface area contributed by atoms with Gasteiger partial charge in [0, 0.05) is 11.8 Å². The molecule has 0 aromatic heterocycles. The second-order valence-corrected chi connectivity index (χ2v) is 14.3. The average molecular weight is 443 g/mol. The van der Waals surface area contributed by atoms with Crippen molar-refractivity contribution in [3.63, 3.8) is 0 Å². The molecule has 0 bridgehead atoms. The van der Waals surface area contributed by atoms with E-state index in [1.54, 1.807) is 0 Å². The SMILES string of the molecule is C[C@H]1CCC2(C(=O)O)CC[C@@]3(C)C(CCC4[C@@]5(C)CCC(=O)C(C)(C)C5CC[C@]43C)[C@@H]2C1. The molecule has 5 saturated carbocycles. The number of hydrogen-bond donors (Lipinski definition) is 1. The van der Waals surface area contributed by atoms with Crippen LogP contribution in [0.2, 0.25) is 0 Å². The lowest BCUT2D eigenvalue weighted by molar-refractivity contribution is -0.241. The molecule has 4 unspecified atom stereocenters. The molecule has 1 N–H and O–H groups in total. The maximum absolute atomic E-state index is 12.9. The highest BCUT2D eigenvalue weighted by Gasteiger charge is 2.70. The van der Waals surface area contributed by atoms with Gasteiger partial charge in [-0.3, -0.25) is 9.59 Å². The van der Waals surface area contributed by atoms with Crippen LogP contribution in [0.25, 0.3) is 0 Å². The molecule has 0 amide bonds. The average Bonchev–Trinajstić information content (AvgIpc) is 2.71. The van der Waals surface area contributed by atoms with Crippen LogP contribution in [0.15, 0.2) is 0 Å². The number of Topliss-reactive ketones (excluding diaryl/α,β-unsaturated/α-hetero) is 1. The Hall–Kier alpha value is -0.860.